The van der Waals surface area contributed by atoms with Crippen molar-refractivity contribution in [3.8, 4) is 5.75 Å². The fraction of sp³-hybridized carbons (Fsp3) is 0.346. The summed E-state index contributed by atoms with van der Waals surface area (Å²) < 4.78 is 21.2. The highest BCUT2D eigenvalue weighted by Gasteiger charge is 2.28. The second-order valence-electron chi connectivity index (χ2n) is 8.99. The normalized spacial score (nSPS) is 22.5. The molecule has 0 fully saturated rings. The van der Waals surface area contributed by atoms with Crippen LogP contribution >= 0.6 is 0 Å². The lowest BCUT2D eigenvalue weighted by Crippen LogP contribution is -2.34. The standard InChI is InChI=1S/C26H27FN4O2/c27-20-13-17(30-22-7-9-28-25-19(22)5-6-23(25)32)14-24-26(20)31(11-12-33-24)10-8-16-15-29-21-4-2-1-3-18(16)21/h1-2,4,7,9,13-15,18,23,29,32H,3,5-6,8,10-12H2,(H,28,30). The number of pyridine rings is 1. The molecule has 0 amide bonds. The molecule has 2 aliphatic heterocycles. The third-order valence-electron chi connectivity index (χ3n) is 7.02. The molecule has 1 aromatic heterocycles. The zero-order valence-corrected chi connectivity index (χ0v) is 18.4. The van der Waals surface area contributed by atoms with Crippen LogP contribution in [0.15, 0.2) is 60.1 Å². The van der Waals surface area contributed by atoms with Gasteiger partial charge < -0.3 is 25.4 Å². The van der Waals surface area contributed by atoms with Crippen LogP contribution in [0, 0.1) is 11.7 Å². The number of aromatic nitrogens is 1. The van der Waals surface area contributed by atoms with Crippen molar-refractivity contribution >= 4 is 17.1 Å². The Bertz CT molecular complexity index is 1190. The Hall–Kier alpha value is -3.32. The Labute approximate surface area is 192 Å². The minimum Gasteiger partial charge on any atom is -0.489 e. The van der Waals surface area contributed by atoms with Gasteiger partial charge in [0.2, 0.25) is 0 Å². The molecular formula is C26H27FN4O2. The maximum Gasteiger partial charge on any atom is 0.152 e. The van der Waals surface area contributed by atoms with Gasteiger partial charge in [0, 0.05) is 48.0 Å². The van der Waals surface area contributed by atoms with E-state index in [-0.39, 0.29) is 5.82 Å². The SMILES string of the molecule is OC1CCc2c(Nc3cc(F)c4c(c3)OCCN4CCC3=CNC4=CC=CCC34)ccnc21. The van der Waals surface area contributed by atoms with Crippen molar-refractivity contribution in [1.29, 1.82) is 0 Å². The molecule has 2 aliphatic carbocycles. The number of anilines is 3. The van der Waals surface area contributed by atoms with Crippen LogP contribution in [-0.2, 0) is 6.42 Å². The highest BCUT2D eigenvalue weighted by Crippen LogP contribution is 2.40. The van der Waals surface area contributed by atoms with E-state index in [4.69, 9.17) is 4.74 Å². The van der Waals surface area contributed by atoms with E-state index in [0.29, 0.717) is 48.3 Å². The van der Waals surface area contributed by atoms with Gasteiger partial charge in [-0.3, -0.25) is 4.98 Å². The molecule has 6 rings (SSSR count). The lowest BCUT2D eigenvalue weighted by atomic mass is 9.90. The van der Waals surface area contributed by atoms with E-state index >= 15 is 4.39 Å². The second kappa shape index (κ2) is 8.23. The number of aliphatic hydroxyl groups is 1. The van der Waals surface area contributed by atoms with Gasteiger partial charge in [-0.05, 0) is 55.0 Å². The molecule has 0 radical (unpaired) electrons. The van der Waals surface area contributed by atoms with Gasteiger partial charge in [0.1, 0.15) is 18.0 Å². The van der Waals surface area contributed by atoms with Crippen LogP contribution in [0.2, 0.25) is 0 Å². The molecule has 1 aromatic carbocycles. The molecule has 6 nitrogen and oxygen atoms in total. The molecule has 0 spiro atoms. The van der Waals surface area contributed by atoms with Crippen LogP contribution < -0.4 is 20.3 Å². The van der Waals surface area contributed by atoms with E-state index < -0.39 is 6.10 Å². The average molecular weight is 447 g/mol. The van der Waals surface area contributed by atoms with Gasteiger partial charge in [0.25, 0.3) is 0 Å². The Morgan fingerprint density at radius 3 is 3.21 bits per heavy atom. The zero-order chi connectivity index (χ0) is 22.4. The fourth-order valence-electron chi connectivity index (χ4n) is 5.33. The van der Waals surface area contributed by atoms with Crippen LogP contribution in [0.4, 0.5) is 21.5 Å². The second-order valence-corrected chi connectivity index (χ2v) is 8.99. The molecule has 0 saturated carbocycles. The van der Waals surface area contributed by atoms with Gasteiger partial charge in [-0.15, -0.1) is 0 Å². The summed E-state index contributed by atoms with van der Waals surface area (Å²) >= 11 is 0. The van der Waals surface area contributed by atoms with Crippen LogP contribution in [0.3, 0.4) is 0 Å². The van der Waals surface area contributed by atoms with Crippen molar-refractivity contribution in [3.05, 3.63) is 77.2 Å². The first-order valence-electron chi connectivity index (χ1n) is 11.6. The molecule has 0 saturated heterocycles. The Balaban J connectivity index is 1.20. The number of nitrogens with zero attached hydrogens (tertiary/aromatic N) is 2. The molecule has 2 unspecified atom stereocenters. The smallest absolute Gasteiger partial charge is 0.152 e. The summed E-state index contributed by atoms with van der Waals surface area (Å²) in [6.45, 7) is 1.94. The average Bonchev–Trinajstić information content (AvgIpc) is 3.42. The summed E-state index contributed by atoms with van der Waals surface area (Å²) in [6, 6.07) is 5.27. The predicted octanol–water partition coefficient (Wildman–Crippen LogP) is 4.48. The molecule has 170 valence electrons. The number of halogens is 1. The largest absolute Gasteiger partial charge is 0.489 e. The third-order valence-corrected chi connectivity index (χ3v) is 7.02. The fourth-order valence-corrected chi connectivity index (χ4v) is 5.33. The summed E-state index contributed by atoms with van der Waals surface area (Å²) in [5.41, 5.74) is 6.35. The van der Waals surface area contributed by atoms with Crippen LogP contribution in [-0.4, -0.2) is 29.8 Å². The Morgan fingerprint density at radius 2 is 2.27 bits per heavy atom. The van der Waals surface area contributed by atoms with Gasteiger partial charge in [-0.1, -0.05) is 12.2 Å². The van der Waals surface area contributed by atoms with Crippen molar-refractivity contribution in [1.82, 2.24) is 10.3 Å². The van der Waals surface area contributed by atoms with E-state index in [1.807, 2.05) is 12.1 Å². The molecule has 7 heteroatoms. The number of allylic oxidation sites excluding steroid dienone is 4. The maximum atomic E-state index is 15.3. The number of rotatable bonds is 5. The van der Waals surface area contributed by atoms with E-state index in [2.05, 4.69) is 44.9 Å². The maximum absolute atomic E-state index is 15.3. The number of hydrogen-bond donors (Lipinski definition) is 3. The molecule has 3 N–H and O–H groups in total. The van der Waals surface area contributed by atoms with E-state index in [1.165, 1.54) is 17.3 Å². The molecule has 4 aliphatic rings. The van der Waals surface area contributed by atoms with Crippen LogP contribution in [0.5, 0.6) is 5.75 Å². The number of nitrogens with one attached hydrogen (secondary N) is 2. The molecule has 3 heterocycles. The number of ether oxygens (including phenoxy) is 1. The minimum atomic E-state index is -0.528. The Morgan fingerprint density at radius 1 is 1.33 bits per heavy atom. The summed E-state index contributed by atoms with van der Waals surface area (Å²) in [5, 5.41) is 16.8. The molecule has 0 bridgehead atoms. The summed E-state index contributed by atoms with van der Waals surface area (Å²) in [4.78, 5) is 6.40. The summed E-state index contributed by atoms with van der Waals surface area (Å²) in [7, 11) is 0. The highest BCUT2D eigenvalue weighted by molar-refractivity contribution is 5.72. The molecule has 33 heavy (non-hydrogen) atoms. The quantitative estimate of drug-likeness (QED) is 0.629. The minimum absolute atomic E-state index is 0.292. The molecule has 2 atom stereocenters. The zero-order valence-electron chi connectivity index (χ0n) is 18.4. The van der Waals surface area contributed by atoms with Gasteiger partial charge in [0.15, 0.2) is 5.82 Å². The van der Waals surface area contributed by atoms with Gasteiger partial charge in [0.05, 0.1) is 18.3 Å². The molecule has 2 aromatic rings. The first-order valence-corrected chi connectivity index (χ1v) is 11.6. The lowest BCUT2D eigenvalue weighted by Gasteiger charge is -2.32. The van der Waals surface area contributed by atoms with E-state index in [9.17, 15) is 5.11 Å². The van der Waals surface area contributed by atoms with Crippen molar-refractivity contribution in [2.45, 2.75) is 31.8 Å². The topological polar surface area (TPSA) is 69.7 Å². The van der Waals surface area contributed by atoms with Crippen LogP contribution in [0.25, 0.3) is 0 Å². The Kier molecular flexibility index (Phi) is 5.06. The van der Waals surface area contributed by atoms with Crippen LogP contribution in [0.1, 0.15) is 36.6 Å². The van der Waals surface area contributed by atoms with Crippen molar-refractivity contribution in [2.24, 2.45) is 5.92 Å². The van der Waals surface area contributed by atoms with Crippen molar-refractivity contribution in [3.63, 3.8) is 0 Å². The van der Waals surface area contributed by atoms with Crippen molar-refractivity contribution < 1.29 is 14.2 Å². The summed E-state index contributed by atoms with van der Waals surface area (Å²) in [5.74, 6) is 0.696. The van der Waals surface area contributed by atoms with E-state index in [1.54, 1.807) is 6.20 Å². The monoisotopic (exact) mass is 446 g/mol. The predicted molar refractivity (Wildman–Crippen MR) is 126 cm³/mol. The number of hydrogen-bond acceptors (Lipinski definition) is 6. The first kappa shape index (κ1) is 20.3. The summed E-state index contributed by atoms with van der Waals surface area (Å²) in [6.07, 6.45) is 13.0. The number of fused-ring (bicyclic) bond motifs is 3. The molecular weight excluding hydrogens is 419 g/mol. The third kappa shape index (κ3) is 3.66. The van der Waals surface area contributed by atoms with Crippen molar-refractivity contribution in [2.75, 3.05) is 29.9 Å². The van der Waals surface area contributed by atoms with Gasteiger partial charge >= 0.3 is 0 Å². The number of aliphatic hydroxyl groups excluding tert-OH is 1. The highest BCUT2D eigenvalue weighted by atomic mass is 19.1. The van der Waals surface area contributed by atoms with Gasteiger partial charge in [-0.25, -0.2) is 4.39 Å². The first-order chi connectivity index (χ1) is 16.2. The van der Waals surface area contributed by atoms with E-state index in [0.717, 1.165) is 37.1 Å². The lowest BCUT2D eigenvalue weighted by molar-refractivity contribution is 0.176. The number of benzene rings is 1. The van der Waals surface area contributed by atoms with Gasteiger partial charge in [-0.2, -0.15) is 0 Å².